The lowest BCUT2D eigenvalue weighted by molar-refractivity contribution is -0.870. The molecule has 8 nitrogen and oxygen atoms in total. The summed E-state index contributed by atoms with van der Waals surface area (Å²) in [5, 5.41) is 14.1. The van der Waals surface area contributed by atoms with Gasteiger partial charge in [0.15, 0.2) is 0 Å². The largest absolute Gasteiger partial charge is 0.472 e. The number of hydrogen-bond acceptors (Lipinski definition) is 5. The van der Waals surface area contributed by atoms with Crippen molar-refractivity contribution in [2.45, 2.75) is 328 Å². The van der Waals surface area contributed by atoms with Crippen molar-refractivity contribution in [3.8, 4) is 0 Å². The summed E-state index contributed by atoms with van der Waals surface area (Å²) in [6.07, 6.45) is 88.2. The molecule has 0 saturated carbocycles. The standard InChI is InChI=1S/C72H133N2O6P/c1-6-8-10-12-14-16-18-20-22-24-26-28-30-32-34-36-38-39-41-43-45-47-49-51-53-55-57-59-61-63-65-71(75)70(69-80-81(77,78)79-68-67-74(3,4)5)73-72(76)66-64-62-60-58-56-54-52-50-48-46-44-42-40-37-35-33-31-29-27-25-23-21-19-17-15-13-11-9-7-2/h9,11,15,17,21,23,27,29,33,35,40,42,46,48,70-71,75H,6-8,10,12-14,16,18-20,22,24-26,28,30-32,34,36-39,41,43-45,47,49-69H2,1-5H3,(H-,73,76,77,78)/p+1/b11-9-,17-15-,23-21-,29-27-,35-33-,42-40-,48-46-. The number of carbonyl (C=O) groups excluding carboxylic acids is 1. The molecule has 0 rings (SSSR count). The number of allylic oxidation sites excluding steroid dienone is 14. The van der Waals surface area contributed by atoms with Crippen molar-refractivity contribution in [2.75, 3.05) is 40.9 Å². The van der Waals surface area contributed by atoms with Gasteiger partial charge in [-0.3, -0.25) is 13.8 Å². The SMILES string of the molecule is CC/C=C\C/C=C\C/C=C\C/C=C\C/C=C\C/C=C\C/C=C\CCCCCCCCCC(=O)NC(COP(=O)(O)OCC[N+](C)(C)C)C(O)CCCCCCCCCCCCCCCCCCCCCCCCCCCCCCCC. The van der Waals surface area contributed by atoms with Gasteiger partial charge >= 0.3 is 7.82 Å². The van der Waals surface area contributed by atoms with E-state index in [1.54, 1.807) is 0 Å². The Balaban J connectivity index is 4.10. The Bertz CT molecular complexity index is 1600. The van der Waals surface area contributed by atoms with E-state index in [1.165, 1.54) is 199 Å². The van der Waals surface area contributed by atoms with Gasteiger partial charge in [-0.2, -0.15) is 0 Å². The highest BCUT2D eigenvalue weighted by Gasteiger charge is 2.28. The van der Waals surface area contributed by atoms with Crippen LogP contribution in [-0.2, 0) is 18.4 Å². The van der Waals surface area contributed by atoms with E-state index in [4.69, 9.17) is 9.05 Å². The van der Waals surface area contributed by atoms with Gasteiger partial charge in [-0.1, -0.05) is 324 Å². The number of hydrogen-bond donors (Lipinski definition) is 3. The van der Waals surface area contributed by atoms with E-state index in [-0.39, 0.29) is 19.1 Å². The Morgan fingerprint density at radius 3 is 1.09 bits per heavy atom. The van der Waals surface area contributed by atoms with Crippen molar-refractivity contribution >= 4 is 13.7 Å². The molecule has 0 aromatic rings. The van der Waals surface area contributed by atoms with E-state index in [9.17, 15) is 19.4 Å². The molecule has 0 fully saturated rings. The fraction of sp³-hybridized carbons (Fsp3) is 0.792. The highest BCUT2D eigenvalue weighted by atomic mass is 31.2. The monoisotopic (exact) mass is 1150 g/mol. The summed E-state index contributed by atoms with van der Waals surface area (Å²) in [5.41, 5.74) is 0. The van der Waals surface area contributed by atoms with Gasteiger partial charge in [0.1, 0.15) is 13.2 Å². The molecular weight excluding hydrogens is 1020 g/mol. The van der Waals surface area contributed by atoms with Crippen molar-refractivity contribution < 1.29 is 32.9 Å². The van der Waals surface area contributed by atoms with E-state index < -0.39 is 20.0 Å². The molecule has 0 saturated heterocycles. The second kappa shape index (κ2) is 62.2. The molecule has 0 radical (unpaired) electrons. The number of nitrogens with zero attached hydrogens (tertiary/aromatic N) is 1. The number of carbonyl (C=O) groups is 1. The molecule has 3 N–H and O–H groups in total. The van der Waals surface area contributed by atoms with Gasteiger partial charge in [0.05, 0.1) is 39.9 Å². The second-order valence-electron chi connectivity index (χ2n) is 24.5. The Morgan fingerprint density at radius 2 is 0.741 bits per heavy atom. The van der Waals surface area contributed by atoms with Crippen LogP contribution in [-0.4, -0.2) is 73.4 Å². The highest BCUT2D eigenvalue weighted by molar-refractivity contribution is 7.47. The molecule has 0 heterocycles. The van der Waals surface area contributed by atoms with E-state index in [2.05, 4.69) is 104 Å². The number of aliphatic hydroxyl groups is 1. The molecule has 3 atom stereocenters. The Hall–Kier alpha value is -2.32. The fourth-order valence-corrected chi connectivity index (χ4v) is 10.8. The maximum atomic E-state index is 13.1. The number of phosphoric acid groups is 1. The minimum absolute atomic E-state index is 0.0688. The normalized spacial score (nSPS) is 14.2. The molecular formula is C72H134N2O6P+. The van der Waals surface area contributed by atoms with Gasteiger partial charge in [0.25, 0.3) is 0 Å². The van der Waals surface area contributed by atoms with Crippen LogP contribution in [0.15, 0.2) is 85.1 Å². The third-order valence-corrected chi connectivity index (χ3v) is 16.4. The van der Waals surface area contributed by atoms with Crippen LogP contribution in [0.2, 0.25) is 0 Å². The van der Waals surface area contributed by atoms with E-state index in [0.29, 0.717) is 23.9 Å². The highest BCUT2D eigenvalue weighted by Crippen LogP contribution is 2.43. The van der Waals surface area contributed by atoms with Gasteiger partial charge in [0.2, 0.25) is 5.91 Å². The van der Waals surface area contributed by atoms with E-state index in [1.807, 2.05) is 21.1 Å². The number of nitrogens with one attached hydrogen (secondary N) is 1. The summed E-state index contributed by atoms with van der Waals surface area (Å²) in [7, 11) is 1.61. The van der Waals surface area contributed by atoms with Crippen molar-refractivity contribution in [1.29, 1.82) is 0 Å². The zero-order valence-corrected chi connectivity index (χ0v) is 54.9. The quantitative estimate of drug-likeness (QED) is 0.0243. The van der Waals surface area contributed by atoms with Crippen LogP contribution >= 0.6 is 7.82 Å². The fourth-order valence-electron chi connectivity index (χ4n) is 10.1. The molecule has 0 spiro atoms. The number of likely N-dealkylation sites (N-methyl/N-ethyl adjacent to an activating group) is 1. The molecule has 0 aliphatic heterocycles. The number of rotatable bonds is 63. The zero-order chi connectivity index (χ0) is 59.1. The number of phosphoric ester groups is 1. The zero-order valence-electron chi connectivity index (χ0n) is 54.0. The topological polar surface area (TPSA) is 105 Å². The van der Waals surface area contributed by atoms with E-state index in [0.717, 1.165) is 89.9 Å². The second-order valence-corrected chi connectivity index (χ2v) is 26.0. The summed E-state index contributed by atoms with van der Waals surface area (Å²) < 4.78 is 23.9. The predicted octanol–water partition coefficient (Wildman–Crippen LogP) is 21.9. The third-order valence-electron chi connectivity index (χ3n) is 15.4. The summed E-state index contributed by atoms with van der Waals surface area (Å²) >= 11 is 0. The maximum absolute atomic E-state index is 13.1. The summed E-state index contributed by atoms with van der Waals surface area (Å²) in [6, 6.07) is -0.775. The maximum Gasteiger partial charge on any atom is 0.472 e. The van der Waals surface area contributed by atoms with Crippen LogP contribution in [0, 0.1) is 0 Å². The third kappa shape index (κ3) is 65.1. The molecule has 472 valence electrons. The van der Waals surface area contributed by atoms with Crippen molar-refractivity contribution in [2.24, 2.45) is 0 Å². The number of unbranched alkanes of at least 4 members (excludes halogenated alkanes) is 36. The molecule has 0 aliphatic rings. The molecule has 0 bridgehead atoms. The Labute approximate surface area is 503 Å². The number of amides is 1. The van der Waals surface area contributed by atoms with Crippen molar-refractivity contribution in [3.05, 3.63) is 85.1 Å². The molecule has 9 heteroatoms. The number of aliphatic hydroxyl groups excluding tert-OH is 1. The van der Waals surface area contributed by atoms with E-state index >= 15 is 0 Å². The molecule has 1 amide bonds. The Morgan fingerprint density at radius 1 is 0.432 bits per heavy atom. The van der Waals surface area contributed by atoms with Gasteiger partial charge in [0, 0.05) is 6.42 Å². The average molecular weight is 1150 g/mol. The first-order chi connectivity index (χ1) is 39.5. The summed E-state index contributed by atoms with van der Waals surface area (Å²) in [5.74, 6) is -0.155. The van der Waals surface area contributed by atoms with Crippen molar-refractivity contribution in [3.63, 3.8) is 0 Å². The minimum Gasteiger partial charge on any atom is -0.391 e. The smallest absolute Gasteiger partial charge is 0.391 e. The summed E-state index contributed by atoms with van der Waals surface area (Å²) in [6.45, 7) is 4.80. The van der Waals surface area contributed by atoms with Gasteiger partial charge in [-0.15, -0.1) is 0 Å². The molecule has 81 heavy (non-hydrogen) atoms. The number of quaternary nitrogens is 1. The summed E-state index contributed by atoms with van der Waals surface area (Å²) in [4.78, 5) is 23.5. The first-order valence-electron chi connectivity index (χ1n) is 34.5. The first-order valence-corrected chi connectivity index (χ1v) is 35.9. The molecule has 3 unspecified atom stereocenters. The van der Waals surface area contributed by atoms with Gasteiger partial charge < -0.3 is 19.8 Å². The molecule has 0 aromatic heterocycles. The van der Waals surface area contributed by atoms with Crippen LogP contribution in [0.5, 0.6) is 0 Å². The van der Waals surface area contributed by atoms with Crippen LogP contribution in [0.4, 0.5) is 0 Å². The van der Waals surface area contributed by atoms with Crippen LogP contribution < -0.4 is 5.32 Å². The van der Waals surface area contributed by atoms with Crippen LogP contribution in [0.1, 0.15) is 316 Å². The Kier molecular flexibility index (Phi) is 60.4. The minimum atomic E-state index is -4.34. The average Bonchev–Trinajstić information content (AvgIpc) is 3.43. The first kappa shape index (κ1) is 78.7. The molecule has 0 aromatic carbocycles. The predicted molar refractivity (Wildman–Crippen MR) is 355 cm³/mol. The van der Waals surface area contributed by atoms with Crippen LogP contribution in [0.3, 0.4) is 0 Å². The van der Waals surface area contributed by atoms with Crippen LogP contribution in [0.25, 0.3) is 0 Å². The van der Waals surface area contributed by atoms with Gasteiger partial charge in [-0.25, -0.2) is 4.57 Å². The lowest BCUT2D eigenvalue weighted by atomic mass is 10.0. The lowest BCUT2D eigenvalue weighted by Gasteiger charge is -2.26. The lowest BCUT2D eigenvalue weighted by Crippen LogP contribution is -2.46. The van der Waals surface area contributed by atoms with Gasteiger partial charge in [-0.05, 0) is 70.6 Å². The van der Waals surface area contributed by atoms with Crippen molar-refractivity contribution in [1.82, 2.24) is 5.32 Å². The molecule has 0 aliphatic carbocycles.